The van der Waals surface area contributed by atoms with Crippen molar-refractivity contribution in [2.45, 2.75) is 0 Å². The van der Waals surface area contributed by atoms with E-state index in [1.165, 1.54) is 14.1 Å². The molecule has 0 radical (unpaired) electrons. The molecule has 16 heavy (non-hydrogen) atoms. The summed E-state index contributed by atoms with van der Waals surface area (Å²) in [4.78, 5) is 23.4. The van der Waals surface area contributed by atoms with Gasteiger partial charge in [0, 0.05) is 21.1 Å². The van der Waals surface area contributed by atoms with Crippen molar-refractivity contribution >= 4 is 33.8 Å². The molecular formula is C9H14N4O2S. The molecule has 5 N–H and O–H groups in total. The van der Waals surface area contributed by atoms with Crippen molar-refractivity contribution in [2.24, 2.45) is 0 Å². The second-order valence-electron chi connectivity index (χ2n) is 2.96. The summed E-state index contributed by atoms with van der Waals surface area (Å²) in [6.45, 7) is 0. The maximum absolute atomic E-state index is 11.6. The summed E-state index contributed by atoms with van der Waals surface area (Å²) in [6.07, 6.45) is 0. The molecule has 0 spiro atoms. The molecule has 0 aliphatic carbocycles. The van der Waals surface area contributed by atoms with Gasteiger partial charge in [-0.05, 0) is 0 Å². The van der Waals surface area contributed by atoms with Gasteiger partial charge in [0.2, 0.25) is 0 Å². The lowest BCUT2D eigenvalue weighted by molar-refractivity contribution is 0.0963. The maximum atomic E-state index is 11.6. The smallest absolute Gasteiger partial charge is 0.263 e. The van der Waals surface area contributed by atoms with Crippen molar-refractivity contribution < 1.29 is 9.59 Å². The Morgan fingerprint density at radius 2 is 1.69 bits per heavy atom. The van der Waals surface area contributed by atoms with Crippen molar-refractivity contribution in [1.82, 2.24) is 10.6 Å². The molecule has 0 aromatic carbocycles. The molecule has 0 atom stereocenters. The Labute approximate surface area is 97.2 Å². The third-order valence-corrected chi connectivity index (χ3v) is 3.28. The van der Waals surface area contributed by atoms with Crippen LogP contribution in [0.4, 0.5) is 10.7 Å². The molecule has 1 aromatic rings. The SMILES string of the molecule is CNC(=O)c1sc(NC)c(C(=O)NC)c1N. The van der Waals surface area contributed by atoms with Crippen LogP contribution in [0.1, 0.15) is 20.0 Å². The molecule has 1 aromatic heterocycles. The molecule has 88 valence electrons. The highest BCUT2D eigenvalue weighted by Gasteiger charge is 2.23. The van der Waals surface area contributed by atoms with Crippen molar-refractivity contribution in [3.8, 4) is 0 Å². The van der Waals surface area contributed by atoms with Crippen LogP contribution in [0.3, 0.4) is 0 Å². The zero-order chi connectivity index (χ0) is 12.3. The van der Waals surface area contributed by atoms with Gasteiger partial charge in [-0.1, -0.05) is 0 Å². The van der Waals surface area contributed by atoms with Crippen LogP contribution >= 0.6 is 11.3 Å². The van der Waals surface area contributed by atoms with Gasteiger partial charge in [0.15, 0.2) is 0 Å². The van der Waals surface area contributed by atoms with E-state index in [4.69, 9.17) is 5.73 Å². The summed E-state index contributed by atoms with van der Waals surface area (Å²) in [7, 11) is 4.70. The third-order valence-electron chi connectivity index (χ3n) is 2.06. The van der Waals surface area contributed by atoms with E-state index in [-0.39, 0.29) is 17.5 Å². The minimum absolute atomic E-state index is 0.202. The topological polar surface area (TPSA) is 96.2 Å². The molecule has 6 nitrogen and oxygen atoms in total. The van der Waals surface area contributed by atoms with Crippen molar-refractivity contribution in [2.75, 3.05) is 32.2 Å². The number of amides is 2. The average Bonchev–Trinajstić information content (AvgIpc) is 2.64. The van der Waals surface area contributed by atoms with Crippen molar-refractivity contribution in [3.05, 3.63) is 10.4 Å². The Morgan fingerprint density at radius 1 is 1.12 bits per heavy atom. The first-order valence-corrected chi connectivity index (χ1v) is 5.42. The van der Waals surface area contributed by atoms with Crippen LogP contribution in [0.25, 0.3) is 0 Å². The van der Waals surface area contributed by atoms with Crippen LogP contribution in [0.5, 0.6) is 0 Å². The number of rotatable bonds is 3. The minimum atomic E-state index is -0.312. The van der Waals surface area contributed by atoms with Gasteiger partial charge in [-0.3, -0.25) is 9.59 Å². The molecule has 1 heterocycles. The summed E-state index contributed by atoms with van der Waals surface area (Å²) in [6, 6.07) is 0. The van der Waals surface area contributed by atoms with E-state index >= 15 is 0 Å². The fourth-order valence-corrected chi connectivity index (χ4v) is 2.27. The molecule has 1 rings (SSSR count). The van der Waals surface area contributed by atoms with Crippen LogP contribution in [0.15, 0.2) is 0 Å². The lowest BCUT2D eigenvalue weighted by Crippen LogP contribution is -2.21. The summed E-state index contributed by atoms with van der Waals surface area (Å²) < 4.78 is 0. The molecule has 0 aliphatic heterocycles. The van der Waals surface area contributed by atoms with Gasteiger partial charge in [-0.2, -0.15) is 0 Å². The van der Waals surface area contributed by atoms with Crippen LogP contribution in [-0.2, 0) is 0 Å². The summed E-state index contributed by atoms with van der Waals surface area (Å²) >= 11 is 1.15. The minimum Gasteiger partial charge on any atom is -0.397 e. The van der Waals surface area contributed by atoms with Crippen LogP contribution in [0.2, 0.25) is 0 Å². The van der Waals surface area contributed by atoms with Gasteiger partial charge in [-0.15, -0.1) is 11.3 Å². The zero-order valence-electron chi connectivity index (χ0n) is 9.30. The highest BCUT2D eigenvalue weighted by molar-refractivity contribution is 7.19. The van der Waals surface area contributed by atoms with Crippen molar-refractivity contribution in [3.63, 3.8) is 0 Å². The number of nitrogens with two attached hydrogens (primary N) is 1. The fourth-order valence-electron chi connectivity index (χ4n) is 1.25. The highest BCUT2D eigenvalue weighted by Crippen LogP contribution is 2.35. The molecular weight excluding hydrogens is 228 g/mol. The number of carbonyl (C=O) groups excluding carboxylic acids is 2. The van der Waals surface area contributed by atoms with Gasteiger partial charge in [-0.25, -0.2) is 0 Å². The van der Waals surface area contributed by atoms with Crippen LogP contribution < -0.4 is 21.7 Å². The monoisotopic (exact) mass is 242 g/mol. The Bertz CT molecular complexity index is 427. The number of nitrogens with one attached hydrogen (secondary N) is 3. The Hall–Kier alpha value is -1.76. The fraction of sp³-hybridized carbons (Fsp3) is 0.333. The molecule has 7 heteroatoms. The Balaban J connectivity index is 3.32. The van der Waals surface area contributed by atoms with Gasteiger partial charge in [0.05, 0.1) is 11.3 Å². The van der Waals surface area contributed by atoms with E-state index in [9.17, 15) is 9.59 Å². The van der Waals surface area contributed by atoms with E-state index in [0.717, 1.165) is 11.3 Å². The lowest BCUT2D eigenvalue weighted by atomic mass is 10.2. The normalized spacial score (nSPS) is 9.69. The van der Waals surface area contributed by atoms with E-state index in [1.807, 2.05) is 0 Å². The second-order valence-corrected chi connectivity index (χ2v) is 3.98. The lowest BCUT2D eigenvalue weighted by Gasteiger charge is -2.02. The molecule has 0 unspecified atom stereocenters. The van der Waals surface area contributed by atoms with Gasteiger partial charge in [0.25, 0.3) is 11.8 Å². The number of carbonyl (C=O) groups is 2. The van der Waals surface area contributed by atoms with E-state index in [2.05, 4.69) is 16.0 Å². The summed E-state index contributed by atoms with van der Waals surface area (Å²) in [5.41, 5.74) is 6.30. The molecule has 0 aliphatic rings. The van der Waals surface area contributed by atoms with E-state index < -0.39 is 0 Å². The summed E-state index contributed by atoms with van der Waals surface area (Å²) in [5.74, 6) is -0.609. The number of hydrogen-bond donors (Lipinski definition) is 4. The predicted octanol–water partition coefficient (Wildman–Crippen LogP) is 0.0912. The number of anilines is 2. The first kappa shape index (κ1) is 12.3. The quantitative estimate of drug-likeness (QED) is 0.604. The molecule has 0 saturated heterocycles. The average molecular weight is 242 g/mol. The molecule has 2 amide bonds. The first-order chi connectivity index (χ1) is 7.56. The van der Waals surface area contributed by atoms with Gasteiger partial charge < -0.3 is 21.7 Å². The standard InChI is InChI=1S/C9H14N4O2S/c1-11-7(14)4-5(10)6(8(15)12-2)16-9(4)13-3/h13H,10H2,1-3H3,(H,11,14)(H,12,15). The third kappa shape index (κ3) is 1.94. The second kappa shape index (κ2) is 4.84. The van der Waals surface area contributed by atoms with Crippen LogP contribution in [0, 0.1) is 0 Å². The highest BCUT2D eigenvalue weighted by atomic mass is 32.1. The maximum Gasteiger partial charge on any atom is 0.263 e. The first-order valence-electron chi connectivity index (χ1n) is 4.61. The predicted molar refractivity (Wildman–Crippen MR) is 65.1 cm³/mol. The molecule has 0 saturated carbocycles. The van der Waals surface area contributed by atoms with E-state index in [1.54, 1.807) is 7.05 Å². The number of hydrogen-bond acceptors (Lipinski definition) is 5. The Kier molecular flexibility index (Phi) is 3.73. The zero-order valence-corrected chi connectivity index (χ0v) is 10.1. The van der Waals surface area contributed by atoms with Crippen LogP contribution in [-0.4, -0.2) is 33.0 Å². The molecule has 0 bridgehead atoms. The summed E-state index contributed by atoms with van der Waals surface area (Å²) in [5, 5.41) is 8.39. The van der Waals surface area contributed by atoms with Gasteiger partial charge in [0.1, 0.15) is 9.88 Å². The number of nitrogen functional groups attached to an aromatic ring is 1. The van der Waals surface area contributed by atoms with Gasteiger partial charge >= 0.3 is 0 Å². The largest absolute Gasteiger partial charge is 0.397 e. The van der Waals surface area contributed by atoms with Crippen molar-refractivity contribution in [1.29, 1.82) is 0 Å². The Morgan fingerprint density at radius 3 is 2.12 bits per heavy atom. The number of thiophene rings is 1. The molecule has 0 fully saturated rings. The van der Waals surface area contributed by atoms with E-state index in [0.29, 0.717) is 15.4 Å².